The van der Waals surface area contributed by atoms with Gasteiger partial charge in [0.1, 0.15) is 5.84 Å². The molecule has 0 saturated carbocycles. The van der Waals surface area contributed by atoms with E-state index in [1.807, 2.05) is 0 Å². The van der Waals surface area contributed by atoms with Crippen molar-refractivity contribution in [2.24, 2.45) is 16.8 Å². The van der Waals surface area contributed by atoms with Gasteiger partial charge in [-0.2, -0.15) is 0 Å². The Morgan fingerprint density at radius 2 is 2.20 bits per heavy atom. The van der Waals surface area contributed by atoms with E-state index in [0.717, 1.165) is 12.5 Å². The molecule has 0 aromatic rings. The number of hydrogen-bond donors (Lipinski definition) is 2. The van der Waals surface area contributed by atoms with E-state index < -0.39 is 0 Å². The van der Waals surface area contributed by atoms with E-state index in [0.29, 0.717) is 24.3 Å². The second-order valence-corrected chi connectivity index (χ2v) is 4.87. The molecule has 1 fully saturated rings. The molecule has 0 aliphatic carbocycles. The number of hydrogen-bond acceptors (Lipinski definition) is 3. The van der Waals surface area contributed by atoms with Gasteiger partial charge < -0.3 is 10.9 Å². The summed E-state index contributed by atoms with van der Waals surface area (Å²) >= 11 is 0. The van der Waals surface area contributed by atoms with Gasteiger partial charge in [-0.15, -0.1) is 0 Å². The van der Waals surface area contributed by atoms with Crippen LogP contribution in [0.3, 0.4) is 0 Å². The van der Waals surface area contributed by atoms with Crippen LogP contribution in [0.4, 0.5) is 0 Å². The Labute approximate surface area is 92.1 Å². The molecule has 1 heterocycles. The predicted molar refractivity (Wildman–Crippen MR) is 62.1 cm³/mol. The van der Waals surface area contributed by atoms with Crippen LogP contribution in [0.2, 0.25) is 0 Å². The van der Waals surface area contributed by atoms with Crippen molar-refractivity contribution in [3.05, 3.63) is 0 Å². The van der Waals surface area contributed by atoms with E-state index in [1.54, 1.807) is 0 Å². The van der Waals surface area contributed by atoms with Crippen LogP contribution in [0.15, 0.2) is 5.16 Å². The number of likely N-dealkylation sites (tertiary alicyclic amines) is 1. The summed E-state index contributed by atoms with van der Waals surface area (Å²) in [6.07, 6.45) is 3.21. The van der Waals surface area contributed by atoms with E-state index in [4.69, 9.17) is 10.9 Å². The maximum atomic E-state index is 8.54. The van der Waals surface area contributed by atoms with Crippen molar-refractivity contribution in [3.8, 4) is 0 Å². The molecule has 0 spiro atoms. The van der Waals surface area contributed by atoms with Crippen molar-refractivity contribution in [1.82, 2.24) is 4.90 Å². The average Bonchev–Trinajstić information content (AvgIpc) is 2.21. The van der Waals surface area contributed by atoms with Gasteiger partial charge >= 0.3 is 0 Å². The van der Waals surface area contributed by atoms with Gasteiger partial charge in [0, 0.05) is 25.0 Å². The smallest absolute Gasteiger partial charge is 0.140 e. The molecule has 3 atom stereocenters. The minimum atomic E-state index is 0.327. The van der Waals surface area contributed by atoms with Crippen LogP contribution in [0.25, 0.3) is 0 Å². The molecule has 3 N–H and O–H groups in total. The third-order valence-electron chi connectivity index (χ3n) is 3.37. The van der Waals surface area contributed by atoms with Crippen molar-refractivity contribution in [1.29, 1.82) is 0 Å². The fourth-order valence-corrected chi connectivity index (χ4v) is 2.40. The van der Waals surface area contributed by atoms with E-state index in [2.05, 4.69) is 30.8 Å². The average molecular weight is 213 g/mol. The summed E-state index contributed by atoms with van der Waals surface area (Å²) in [5, 5.41) is 11.6. The highest BCUT2D eigenvalue weighted by molar-refractivity contribution is 5.80. The van der Waals surface area contributed by atoms with Crippen LogP contribution in [0.5, 0.6) is 0 Å². The van der Waals surface area contributed by atoms with Crippen molar-refractivity contribution in [3.63, 3.8) is 0 Å². The van der Waals surface area contributed by atoms with Crippen LogP contribution in [-0.2, 0) is 0 Å². The summed E-state index contributed by atoms with van der Waals surface area (Å²) in [4.78, 5) is 2.46. The summed E-state index contributed by atoms with van der Waals surface area (Å²) in [5.41, 5.74) is 5.53. The van der Waals surface area contributed by atoms with Crippen LogP contribution in [0.1, 0.15) is 40.0 Å². The molecule has 4 heteroatoms. The first-order valence-electron chi connectivity index (χ1n) is 5.76. The van der Waals surface area contributed by atoms with E-state index in [9.17, 15) is 0 Å². The largest absolute Gasteiger partial charge is 0.409 e. The molecule has 15 heavy (non-hydrogen) atoms. The third kappa shape index (κ3) is 3.38. The maximum absolute atomic E-state index is 8.54. The second-order valence-electron chi connectivity index (χ2n) is 4.87. The van der Waals surface area contributed by atoms with Crippen LogP contribution >= 0.6 is 0 Å². The maximum Gasteiger partial charge on any atom is 0.140 e. The molecule has 3 unspecified atom stereocenters. The quantitative estimate of drug-likeness (QED) is 0.324. The highest BCUT2D eigenvalue weighted by Gasteiger charge is 2.26. The Bertz CT molecular complexity index is 230. The molecule has 88 valence electrons. The first-order chi connectivity index (χ1) is 7.04. The first kappa shape index (κ1) is 12.3. The topological polar surface area (TPSA) is 61.8 Å². The minimum Gasteiger partial charge on any atom is -0.409 e. The zero-order valence-corrected chi connectivity index (χ0v) is 9.98. The predicted octanol–water partition coefficient (Wildman–Crippen LogP) is 1.63. The summed E-state index contributed by atoms with van der Waals surface area (Å²) in [6, 6.07) is 0.973. The molecular formula is C11H23N3O. The first-order valence-corrected chi connectivity index (χ1v) is 5.76. The van der Waals surface area contributed by atoms with Gasteiger partial charge in [0.15, 0.2) is 0 Å². The normalized spacial score (nSPS) is 31.5. The number of oxime groups is 1. The molecule has 1 aliphatic rings. The second kappa shape index (κ2) is 5.35. The third-order valence-corrected chi connectivity index (χ3v) is 3.37. The fourth-order valence-electron chi connectivity index (χ4n) is 2.40. The Balaban J connectivity index is 2.52. The Morgan fingerprint density at radius 3 is 2.80 bits per heavy atom. The molecule has 0 bridgehead atoms. The SMILES string of the molecule is CC1CCC(C)N(C(C)CC(N)=NO)C1. The molecule has 0 amide bonds. The number of rotatable bonds is 3. The summed E-state index contributed by atoms with van der Waals surface area (Å²) in [5.74, 6) is 1.09. The van der Waals surface area contributed by atoms with Gasteiger partial charge in [0.25, 0.3) is 0 Å². The van der Waals surface area contributed by atoms with Gasteiger partial charge in [-0.1, -0.05) is 12.1 Å². The summed E-state index contributed by atoms with van der Waals surface area (Å²) in [6.45, 7) is 7.82. The van der Waals surface area contributed by atoms with Gasteiger partial charge in [-0.3, -0.25) is 4.90 Å². The molecule has 1 rings (SSSR count). The molecule has 0 aromatic carbocycles. The van der Waals surface area contributed by atoms with Crippen molar-refractivity contribution >= 4 is 5.84 Å². The summed E-state index contributed by atoms with van der Waals surface area (Å²) in [7, 11) is 0. The van der Waals surface area contributed by atoms with Gasteiger partial charge in [0.2, 0.25) is 0 Å². The molecule has 1 aliphatic heterocycles. The highest BCUT2D eigenvalue weighted by Crippen LogP contribution is 2.24. The lowest BCUT2D eigenvalue weighted by molar-refractivity contribution is 0.0871. The number of piperidine rings is 1. The number of nitrogens with two attached hydrogens (primary N) is 1. The van der Waals surface area contributed by atoms with E-state index >= 15 is 0 Å². The molecule has 0 radical (unpaired) electrons. The van der Waals surface area contributed by atoms with Crippen molar-refractivity contribution < 1.29 is 5.21 Å². The number of nitrogens with zero attached hydrogens (tertiary/aromatic N) is 2. The lowest BCUT2D eigenvalue weighted by Gasteiger charge is -2.40. The van der Waals surface area contributed by atoms with Crippen LogP contribution in [0, 0.1) is 5.92 Å². The number of amidine groups is 1. The van der Waals surface area contributed by atoms with E-state index in [1.165, 1.54) is 12.8 Å². The molecule has 0 aromatic heterocycles. The van der Waals surface area contributed by atoms with Crippen LogP contribution in [-0.4, -0.2) is 34.6 Å². The van der Waals surface area contributed by atoms with Gasteiger partial charge in [0.05, 0.1) is 0 Å². The lowest BCUT2D eigenvalue weighted by atomic mass is 9.93. The summed E-state index contributed by atoms with van der Waals surface area (Å²) < 4.78 is 0. The molecule has 1 saturated heterocycles. The standard InChI is InChI=1S/C11H23N3O/c1-8-4-5-9(2)14(7-8)10(3)6-11(12)13-15/h8-10,15H,4-7H2,1-3H3,(H2,12,13). The van der Waals surface area contributed by atoms with E-state index in [-0.39, 0.29) is 0 Å². The van der Waals surface area contributed by atoms with Crippen molar-refractivity contribution in [2.75, 3.05) is 6.54 Å². The molecule has 4 nitrogen and oxygen atoms in total. The Morgan fingerprint density at radius 1 is 1.53 bits per heavy atom. The zero-order chi connectivity index (χ0) is 11.4. The Hall–Kier alpha value is -0.770. The van der Waals surface area contributed by atoms with Gasteiger partial charge in [-0.05, 0) is 32.6 Å². The monoisotopic (exact) mass is 213 g/mol. The van der Waals surface area contributed by atoms with Crippen LogP contribution < -0.4 is 5.73 Å². The zero-order valence-electron chi connectivity index (χ0n) is 9.98. The lowest BCUT2D eigenvalue weighted by Crippen LogP contribution is -2.47. The molecular weight excluding hydrogens is 190 g/mol. The minimum absolute atomic E-state index is 0.327. The van der Waals surface area contributed by atoms with Crippen molar-refractivity contribution in [2.45, 2.75) is 52.1 Å². The Kier molecular flexibility index (Phi) is 4.39. The fraction of sp³-hybridized carbons (Fsp3) is 0.909. The van der Waals surface area contributed by atoms with Gasteiger partial charge in [-0.25, -0.2) is 0 Å². The highest BCUT2D eigenvalue weighted by atomic mass is 16.4.